The fraction of sp³-hybridized carbons (Fsp3) is 0.395. The summed E-state index contributed by atoms with van der Waals surface area (Å²) in [5, 5.41) is 19.1. The van der Waals surface area contributed by atoms with E-state index in [0.29, 0.717) is 47.7 Å². The van der Waals surface area contributed by atoms with Crippen LogP contribution in [0.1, 0.15) is 37.9 Å². The first kappa shape index (κ1) is 34.6. The molecule has 1 N–H and O–H groups in total. The van der Waals surface area contributed by atoms with E-state index in [0.717, 1.165) is 5.75 Å². The molecule has 2 saturated heterocycles. The molecule has 0 radical (unpaired) electrons. The van der Waals surface area contributed by atoms with Gasteiger partial charge >= 0.3 is 5.97 Å². The number of ether oxygens (including phenoxy) is 3. The van der Waals surface area contributed by atoms with E-state index in [2.05, 4.69) is 42.5 Å². The van der Waals surface area contributed by atoms with Crippen LogP contribution in [-0.4, -0.2) is 72.0 Å². The van der Waals surface area contributed by atoms with Crippen molar-refractivity contribution in [3.05, 3.63) is 90.3 Å². The highest BCUT2D eigenvalue weighted by atomic mass is 28.3. The van der Waals surface area contributed by atoms with Gasteiger partial charge in [0.05, 0.1) is 39.1 Å². The fourth-order valence-corrected chi connectivity index (χ4v) is 12.5. The molecule has 1 spiro atoms. The number of carbonyl (C=O) groups excluding carboxylic acids is 3. The number of fused-ring (bicyclic) bond motifs is 2. The fourth-order valence-electron chi connectivity index (χ4n) is 8.40. The Kier molecular flexibility index (Phi) is 9.06. The highest BCUT2D eigenvalue weighted by Gasteiger charge is 2.66. The average molecular weight is 710 g/mol. The van der Waals surface area contributed by atoms with Gasteiger partial charge in [0.25, 0.3) is 5.91 Å². The quantitative estimate of drug-likeness (QED) is 0.136. The number of hydrogen-bond acceptors (Lipinski definition) is 9. The summed E-state index contributed by atoms with van der Waals surface area (Å²) in [7, 11) is -0.772. The number of benzene rings is 3. The molecular formula is C38H43N5O7Si. The molecule has 4 heterocycles. The van der Waals surface area contributed by atoms with Gasteiger partial charge < -0.3 is 19.3 Å². The Balaban J connectivity index is 1.35. The summed E-state index contributed by atoms with van der Waals surface area (Å²) in [6.07, 6.45) is 1.86. The van der Waals surface area contributed by atoms with Crippen LogP contribution >= 0.6 is 0 Å². The van der Waals surface area contributed by atoms with E-state index in [9.17, 15) is 14.7 Å². The second-order valence-corrected chi connectivity index (χ2v) is 18.8. The summed E-state index contributed by atoms with van der Waals surface area (Å²) in [5.41, 5.74) is 1.93. The normalized spacial score (nSPS) is 24.2. The molecule has 51 heavy (non-hydrogen) atoms. The van der Waals surface area contributed by atoms with Crippen LogP contribution in [0.25, 0.3) is 0 Å². The van der Waals surface area contributed by atoms with E-state index in [4.69, 9.17) is 14.2 Å². The molecule has 3 aliphatic rings. The molecule has 266 valence electrons. The van der Waals surface area contributed by atoms with E-state index in [1.54, 1.807) is 22.8 Å². The lowest BCUT2D eigenvalue weighted by atomic mass is 9.82. The molecule has 1 unspecified atom stereocenters. The van der Waals surface area contributed by atoms with Crippen LogP contribution in [0.3, 0.4) is 0 Å². The second kappa shape index (κ2) is 13.4. The molecule has 3 aliphatic heterocycles. The van der Waals surface area contributed by atoms with Crippen LogP contribution in [-0.2, 0) is 42.4 Å². The molecule has 0 aliphatic carbocycles. The molecule has 0 bridgehead atoms. The minimum atomic E-state index is -2.42. The van der Waals surface area contributed by atoms with Crippen molar-refractivity contribution in [2.45, 2.75) is 76.2 Å². The molecule has 3 aromatic carbocycles. The van der Waals surface area contributed by atoms with Gasteiger partial charge in [-0.15, -0.1) is 5.10 Å². The van der Waals surface area contributed by atoms with Crippen molar-refractivity contribution in [3.8, 4) is 5.75 Å². The number of aryl methyl sites for hydroxylation is 1. The largest absolute Gasteiger partial charge is 0.497 e. The Labute approximate surface area is 297 Å². The van der Waals surface area contributed by atoms with E-state index < -0.39 is 25.9 Å². The molecule has 12 nitrogen and oxygen atoms in total. The zero-order valence-electron chi connectivity index (χ0n) is 29.5. The van der Waals surface area contributed by atoms with Gasteiger partial charge in [-0.05, 0) is 54.4 Å². The highest BCUT2D eigenvalue weighted by molar-refractivity contribution is 6.91. The number of aliphatic hydroxyl groups excluding tert-OH is 1. The van der Waals surface area contributed by atoms with Gasteiger partial charge in [-0.2, -0.15) is 0 Å². The first-order valence-electron chi connectivity index (χ1n) is 17.3. The van der Waals surface area contributed by atoms with Crippen molar-refractivity contribution in [1.82, 2.24) is 15.0 Å². The summed E-state index contributed by atoms with van der Waals surface area (Å²) in [6.45, 7) is 8.59. The van der Waals surface area contributed by atoms with Crippen LogP contribution in [0.15, 0.2) is 79.0 Å². The number of rotatable bonds is 11. The van der Waals surface area contributed by atoms with Crippen molar-refractivity contribution in [3.63, 3.8) is 0 Å². The first-order valence-corrected chi connectivity index (χ1v) is 20.4. The Morgan fingerprint density at radius 3 is 2.47 bits per heavy atom. The molecule has 13 heteroatoms. The van der Waals surface area contributed by atoms with Gasteiger partial charge in [0, 0.05) is 55.5 Å². The van der Waals surface area contributed by atoms with E-state index in [1.807, 2.05) is 60.8 Å². The van der Waals surface area contributed by atoms with Crippen molar-refractivity contribution in [2.75, 3.05) is 23.5 Å². The molecule has 4 aromatic rings. The van der Waals surface area contributed by atoms with Crippen LogP contribution < -0.4 is 19.7 Å². The number of methoxy groups -OCH3 is 1. The number of aliphatic hydroxyl groups is 1. The zero-order valence-corrected chi connectivity index (χ0v) is 30.5. The summed E-state index contributed by atoms with van der Waals surface area (Å²) in [6, 6.07) is 23.3. The van der Waals surface area contributed by atoms with Gasteiger partial charge in [-0.1, -0.05) is 60.7 Å². The number of para-hydroxylation sites is 1. The van der Waals surface area contributed by atoms with Gasteiger partial charge in [0.15, 0.2) is 11.8 Å². The minimum absolute atomic E-state index is 0.0136. The lowest BCUT2D eigenvalue weighted by Crippen LogP contribution is -2.55. The minimum Gasteiger partial charge on any atom is -0.497 e. The monoisotopic (exact) mass is 709 g/mol. The van der Waals surface area contributed by atoms with Gasteiger partial charge in [-0.3, -0.25) is 28.9 Å². The lowest BCUT2D eigenvalue weighted by Gasteiger charge is -2.39. The van der Waals surface area contributed by atoms with Gasteiger partial charge in [0.2, 0.25) is 5.91 Å². The van der Waals surface area contributed by atoms with Crippen molar-refractivity contribution in [1.29, 1.82) is 0 Å². The summed E-state index contributed by atoms with van der Waals surface area (Å²) in [5.74, 6) is -0.329. The van der Waals surface area contributed by atoms with E-state index in [1.165, 1.54) is 17.0 Å². The van der Waals surface area contributed by atoms with Crippen molar-refractivity contribution in [2.24, 2.45) is 5.92 Å². The zero-order chi connectivity index (χ0) is 36.1. The average Bonchev–Trinajstić information content (AvgIpc) is 3.76. The molecule has 1 aromatic heterocycles. The number of anilines is 3. The third-order valence-electron chi connectivity index (χ3n) is 10.8. The molecule has 2 fully saturated rings. The molecule has 0 saturated carbocycles. The van der Waals surface area contributed by atoms with Crippen molar-refractivity contribution < 1.29 is 33.7 Å². The predicted molar refractivity (Wildman–Crippen MR) is 193 cm³/mol. The molecule has 5 atom stereocenters. The van der Waals surface area contributed by atoms with Crippen LogP contribution in [0.2, 0.25) is 18.6 Å². The van der Waals surface area contributed by atoms with Crippen LogP contribution in [0.4, 0.5) is 17.1 Å². The number of aromatic nitrogens is 3. The van der Waals surface area contributed by atoms with E-state index >= 15 is 4.79 Å². The topological polar surface area (TPSA) is 136 Å². The van der Waals surface area contributed by atoms with Crippen LogP contribution in [0, 0.1) is 5.92 Å². The maximum Gasteiger partial charge on any atom is 0.304 e. The summed E-state index contributed by atoms with van der Waals surface area (Å²) >= 11 is 0. The number of amides is 2. The molecule has 7 rings (SSSR count). The number of hydrogen-bond donors (Lipinski definition) is 1. The summed E-state index contributed by atoms with van der Waals surface area (Å²) < 4.78 is 20.0. The highest BCUT2D eigenvalue weighted by Crippen LogP contribution is 2.61. The molecule has 2 amide bonds. The van der Waals surface area contributed by atoms with Crippen LogP contribution in [0.5, 0.6) is 5.75 Å². The third-order valence-corrected chi connectivity index (χ3v) is 15.2. The van der Waals surface area contributed by atoms with Crippen molar-refractivity contribution >= 4 is 48.1 Å². The molecular weight excluding hydrogens is 667 g/mol. The maximum absolute atomic E-state index is 15.2. The Morgan fingerprint density at radius 1 is 1.06 bits per heavy atom. The predicted octanol–water partition coefficient (Wildman–Crippen LogP) is 4.43. The Hall–Kier alpha value is -4.85. The number of esters is 1. The maximum atomic E-state index is 15.2. The van der Waals surface area contributed by atoms with E-state index in [-0.39, 0.29) is 42.4 Å². The standard InChI is InChI=1S/C38H43N5O7Si/c1-24-36(51(4,5)30-14-12-29(48-3)13-15-30)33(17-19-41-23-26(18-20-44)39-40-41)50-38(24)31-21-28(43-34(46)22-35(43)49-25(2)45)11-16-32(31)42(37(38)47)27-9-7-6-8-10-27/h6-16,21,23-24,33,35-36,44H,17-20,22H2,1-5H3/t24-,33+,35?,36-,38+/m1/s1. The number of carbonyl (C=O) groups is 3. The third kappa shape index (κ3) is 5.82. The SMILES string of the molecule is COc1ccc([Si](C)(C)[C@H]2[C@H](CCn3cc(CCO)nn3)O[C@@]3(C(=O)N(c4ccccc4)c4ccc(N5C(=O)CC5OC(C)=O)cc43)[C@@H]2C)cc1. The lowest BCUT2D eigenvalue weighted by molar-refractivity contribution is -0.153. The number of nitrogens with zero attached hydrogens (tertiary/aromatic N) is 5. The second-order valence-electron chi connectivity index (χ2n) is 14.1. The van der Waals surface area contributed by atoms with Gasteiger partial charge in [-0.25, -0.2) is 0 Å². The first-order chi connectivity index (χ1) is 24.5. The van der Waals surface area contributed by atoms with Gasteiger partial charge in [0.1, 0.15) is 5.75 Å². The Morgan fingerprint density at radius 2 is 1.80 bits per heavy atom. The summed E-state index contributed by atoms with van der Waals surface area (Å²) in [4.78, 5) is 43.2. The Bertz CT molecular complexity index is 1950. The smallest absolute Gasteiger partial charge is 0.304 e. The number of β-lactam (4-membered cyclic amide) rings is 1.